The topological polar surface area (TPSA) is 135 Å². The molecule has 10 heteroatoms. The lowest BCUT2D eigenvalue weighted by atomic mass is 9.77. The first kappa shape index (κ1) is 30.0. The van der Waals surface area contributed by atoms with E-state index >= 15 is 0 Å². The van der Waals surface area contributed by atoms with Crippen molar-refractivity contribution in [2.24, 2.45) is 0 Å². The van der Waals surface area contributed by atoms with Crippen molar-refractivity contribution in [1.29, 1.82) is 0 Å². The Morgan fingerprint density at radius 3 is 2.70 bits per heavy atom. The first-order chi connectivity index (χ1) is 19.4. The molecular weight excluding hydrogens is 516 g/mol. The van der Waals surface area contributed by atoms with Gasteiger partial charge in [0, 0.05) is 42.8 Å². The zero-order chi connectivity index (χ0) is 28.6. The molecule has 1 saturated heterocycles. The quantitative estimate of drug-likeness (QED) is 0.234. The van der Waals surface area contributed by atoms with Crippen molar-refractivity contribution in [2.75, 3.05) is 33.4 Å². The van der Waals surface area contributed by atoms with Gasteiger partial charge in [-0.2, -0.15) is 0 Å². The predicted octanol–water partition coefficient (Wildman–Crippen LogP) is 2.50. The van der Waals surface area contributed by atoms with Crippen LogP contribution in [0.3, 0.4) is 0 Å². The Kier molecular flexibility index (Phi) is 10.6. The van der Waals surface area contributed by atoms with Crippen molar-refractivity contribution in [1.82, 2.24) is 10.2 Å². The van der Waals surface area contributed by atoms with Crippen molar-refractivity contribution in [2.45, 2.75) is 88.6 Å². The lowest BCUT2D eigenvalue weighted by Crippen LogP contribution is -2.57. The molecule has 5 atom stereocenters. The SMILES string of the molecule is CCCCCCCC(=O)N(CC1CCCO1)C1C=C(C(=O)NCCO)C2c3cc(C=O)cc(OC)c3OC2C1O. The number of hydrogen-bond donors (Lipinski definition) is 3. The fraction of sp³-hybridized carbons (Fsp3) is 0.633. The van der Waals surface area contributed by atoms with Gasteiger partial charge in [0.1, 0.15) is 18.5 Å². The molecule has 4 rings (SSSR count). The molecule has 1 aromatic rings. The van der Waals surface area contributed by atoms with E-state index < -0.39 is 30.1 Å². The minimum atomic E-state index is -1.15. The Morgan fingerprint density at radius 1 is 1.23 bits per heavy atom. The highest BCUT2D eigenvalue weighted by molar-refractivity contribution is 5.96. The van der Waals surface area contributed by atoms with Crippen LogP contribution in [0.1, 0.15) is 80.1 Å². The van der Waals surface area contributed by atoms with E-state index in [1.165, 1.54) is 7.11 Å². The molecule has 0 bridgehead atoms. The Balaban J connectivity index is 1.70. The van der Waals surface area contributed by atoms with Gasteiger partial charge in [-0.25, -0.2) is 0 Å². The van der Waals surface area contributed by atoms with Crippen LogP contribution >= 0.6 is 0 Å². The van der Waals surface area contributed by atoms with Gasteiger partial charge < -0.3 is 34.6 Å². The van der Waals surface area contributed by atoms with E-state index in [4.69, 9.17) is 14.2 Å². The predicted molar refractivity (Wildman–Crippen MR) is 148 cm³/mol. The number of benzene rings is 1. The molecule has 5 unspecified atom stereocenters. The Bertz CT molecular complexity index is 1080. The third-order valence-corrected chi connectivity index (χ3v) is 8.01. The summed E-state index contributed by atoms with van der Waals surface area (Å²) in [5.74, 6) is -0.541. The average Bonchev–Trinajstić information content (AvgIpc) is 3.62. The minimum Gasteiger partial charge on any atom is -0.493 e. The van der Waals surface area contributed by atoms with Crippen LogP contribution in [0.2, 0.25) is 0 Å². The van der Waals surface area contributed by atoms with Gasteiger partial charge in [0.05, 0.1) is 31.8 Å². The van der Waals surface area contributed by atoms with Crippen molar-refractivity contribution in [3.8, 4) is 11.5 Å². The molecule has 1 fully saturated rings. The molecule has 40 heavy (non-hydrogen) atoms. The molecule has 0 radical (unpaired) electrons. The van der Waals surface area contributed by atoms with E-state index in [9.17, 15) is 24.6 Å². The zero-order valence-corrected chi connectivity index (χ0v) is 23.5. The van der Waals surface area contributed by atoms with Crippen LogP contribution in [0.15, 0.2) is 23.8 Å². The average molecular weight is 559 g/mol. The number of nitrogens with one attached hydrogen (secondary N) is 1. The molecule has 1 aromatic carbocycles. The fourth-order valence-corrected chi connectivity index (χ4v) is 5.98. The Labute approximate surface area is 235 Å². The summed E-state index contributed by atoms with van der Waals surface area (Å²) in [6.07, 6.45) is 7.22. The number of hydrogen-bond acceptors (Lipinski definition) is 8. The Hall–Kier alpha value is -2.95. The number of aliphatic hydroxyl groups excluding tert-OH is 2. The van der Waals surface area contributed by atoms with Crippen LogP contribution in [-0.2, 0) is 14.3 Å². The highest BCUT2D eigenvalue weighted by Gasteiger charge is 2.51. The molecule has 2 aliphatic heterocycles. The Morgan fingerprint density at radius 2 is 2.02 bits per heavy atom. The molecule has 0 spiro atoms. The first-order valence-corrected chi connectivity index (χ1v) is 14.5. The van der Waals surface area contributed by atoms with Gasteiger partial charge in [-0.05, 0) is 37.5 Å². The number of ether oxygens (including phenoxy) is 3. The van der Waals surface area contributed by atoms with Crippen LogP contribution in [0, 0.1) is 0 Å². The van der Waals surface area contributed by atoms with Gasteiger partial charge in [-0.1, -0.05) is 32.6 Å². The number of carbonyl (C=O) groups excluding carboxylic acids is 3. The number of fused-ring (bicyclic) bond motifs is 3. The third-order valence-electron chi connectivity index (χ3n) is 8.01. The molecule has 3 aliphatic rings. The van der Waals surface area contributed by atoms with Crippen molar-refractivity contribution in [3.63, 3.8) is 0 Å². The van der Waals surface area contributed by atoms with E-state index in [1.807, 2.05) is 0 Å². The number of methoxy groups -OCH3 is 1. The van der Waals surface area contributed by atoms with Crippen LogP contribution < -0.4 is 14.8 Å². The number of rotatable bonds is 14. The summed E-state index contributed by atoms with van der Waals surface area (Å²) in [5.41, 5.74) is 1.22. The van der Waals surface area contributed by atoms with Crippen molar-refractivity contribution in [3.05, 3.63) is 34.9 Å². The van der Waals surface area contributed by atoms with E-state index in [0.717, 1.165) is 44.9 Å². The lowest BCUT2D eigenvalue weighted by molar-refractivity contribution is -0.139. The van der Waals surface area contributed by atoms with E-state index in [2.05, 4.69) is 12.2 Å². The van der Waals surface area contributed by atoms with Crippen molar-refractivity contribution >= 4 is 18.1 Å². The standard InChI is InChI=1S/C30H42N2O8/c1-3-4-5-6-7-10-25(35)32(17-20-9-8-13-39-20)23-16-22(30(37)31-11-12-33)26-21-14-19(18-34)15-24(38-2)28(21)40-29(26)27(23)36/h14-16,18,20,23,26-27,29,33,36H,3-13,17H2,1-2H3,(H,31,37). The molecule has 1 aliphatic carbocycles. The summed E-state index contributed by atoms with van der Waals surface area (Å²) >= 11 is 0. The van der Waals surface area contributed by atoms with Gasteiger partial charge in [0.25, 0.3) is 0 Å². The number of aldehydes is 1. The summed E-state index contributed by atoms with van der Waals surface area (Å²) in [4.78, 5) is 40.4. The van der Waals surface area contributed by atoms with Gasteiger partial charge in [0.15, 0.2) is 11.5 Å². The minimum absolute atomic E-state index is 0.0442. The molecule has 2 amide bonds. The molecule has 0 aromatic heterocycles. The smallest absolute Gasteiger partial charge is 0.247 e. The molecule has 3 N–H and O–H groups in total. The summed E-state index contributed by atoms with van der Waals surface area (Å²) in [6.45, 7) is 2.88. The van der Waals surface area contributed by atoms with E-state index in [-0.39, 0.29) is 25.2 Å². The second kappa shape index (κ2) is 14.1. The van der Waals surface area contributed by atoms with Crippen LogP contribution in [0.25, 0.3) is 0 Å². The lowest BCUT2D eigenvalue weighted by Gasteiger charge is -2.41. The maximum absolute atomic E-state index is 13.6. The maximum atomic E-state index is 13.6. The van der Waals surface area contributed by atoms with Crippen LogP contribution in [0.5, 0.6) is 11.5 Å². The van der Waals surface area contributed by atoms with Crippen LogP contribution in [0.4, 0.5) is 0 Å². The van der Waals surface area contributed by atoms with Crippen molar-refractivity contribution < 1.29 is 38.8 Å². The first-order valence-electron chi connectivity index (χ1n) is 14.5. The zero-order valence-electron chi connectivity index (χ0n) is 23.5. The van der Waals surface area contributed by atoms with E-state index in [1.54, 1.807) is 23.1 Å². The second-order valence-electron chi connectivity index (χ2n) is 10.7. The molecule has 2 heterocycles. The van der Waals surface area contributed by atoms with Crippen LogP contribution in [-0.4, -0.2) is 91.0 Å². The molecule has 0 saturated carbocycles. The van der Waals surface area contributed by atoms with Gasteiger partial charge in [-0.15, -0.1) is 0 Å². The summed E-state index contributed by atoms with van der Waals surface area (Å²) in [6, 6.07) is 2.37. The third kappa shape index (κ3) is 6.50. The molecule has 220 valence electrons. The van der Waals surface area contributed by atoms with Gasteiger partial charge in [0.2, 0.25) is 11.8 Å². The summed E-state index contributed by atoms with van der Waals surface area (Å²) in [7, 11) is 1.46. The van der Waals surface area contributed by atoms with Gasteiger partial charge in [-0.3, -0.25) is 14.4 Å². The largest absolute Gasteiger partial charge is 0.493 e. The van der Waals surface area contributed by atoms with E-state index in [0.29, 0.717) is 54.1 Å². The molecule has 10 nitrogen and oxygen atoms in total. The molecular formula is C30H42N2O8. The number of amides is 2. The summed E-state index contributed by atoms with van der Waals surface area (Å²) < 4.78 is 17.6. The number of carbonyl (C=O) groups is 3. The highest BCUT2D eigenvalue weighted by Crippen LogP contribution is 2.51. The number of nitrogens with zero attached hydrogens (tertiary/aromatic N) is 1. The second-order valence-corrected chi connectivity index (χ2v) is 10.7. The summed E-state index contributed by atoms with van der Waals surface area (Å²) in [5, 5.41) is 23.8. The highest BCUT2D eigenvalue weighted by atomic mass is 16.5. The normalized spacial score (nSPS) is 24.9. The monoisotopic (exact) mass is 558 g/mol. The number of unbranched alkanes of at least 4 members (excludes halogenated alkanes) is 4. The maximum Gasteiger partial charge on any atom is 0.247 e. The number of aliphatic hydroxyl groups is 2. The fourth-order valence-electron chi connectivity index (χ4n) is 5.98. The van der Waals surface area contributed by atoms with Gasteiger partial charge >= 0.3 is 0 Å².